The molecule has 1 fully saturated rings. The molecule has 0 unspecified atom stereocenters. The van der Waals surface area contributed by atoms with E-state index in [1.54, 1.807) is 6.20 Å². The van der Waals surface area contributed by atoms with E-state index >= 15 is 0 Å². The lowest BCUT2D eigenvalue weighted by molar-refractivity contribution is 0.318. The summed E-state index contributed by atoms with van der Waals surface area (Å²) in [5.41, 5.74) is 1.91. The van der Waals surface area contributed by atoms with Gasteiger partial charge in [-0.25, -0.2) is 4.98 Å². The van der Waals surface area contributed by atoms with Crippen molar-refractivity contribution in [1.82, 2.24) is 20.1 Å². The van der Waals surface area contributed by atoms with E-state index in [9.17, 15) is 0 Å². The molecule has 5 heteroatoms. The molecule has 0 saturated carbocycles. The van der Waals surface area contributed by atoms with Gasteiger partial charge in [-0.3, -0.25) is 4.90 Å². The number of rotatable bonds is 1. The van der Waals surface area contributed by atoms with Crippen LogP contribution >= 0.6 is 11.6 Å². The van der Waals surface area contributed by atoms with E-state index in [1.165, 1.54) is 12.0 Å². The van der Waals surface area contributed by atoms with Crippen molar-refractivity contribution < 1.29 is 0 Å². The molecule has 0 aliphatic carbocycles. The second-order valence-electron chi connectivity index (χ2n) is 4.44. The first-order valence-corrected chi connectivity index (χ1v) is 6.11. The third-order valence-corrected chi connectivity index (χ3v) is 3.70. The van der Waals surface area contributed by atoms with Crippen LogP contribution in [0.2, 0.25) is 5.15 Å². The van der Waals surface area contributed by atoms with Crippen molar-refractivity contribution >= 4 is 22.5 Å². The fraction of sp³-hybridized carbons (Fsp3) is 0.417. The molecule has 2 aromatic rings. The fourth-order valence-corrected chi connectivity index (χ4v) is 2.73. The number of aromatic nitrogens is 3. The van der Waals surface area contributed by atoms with Gasteiger partial charge in [0.05, 0.1) is 6.20 Å². The maximum atomic E-state index is 6.04. The number of fused-ring (bicyclic) bond motifs is 1. The first-order valence-electron chi connectivity index (χ1n) is 5.73. The molecule has 0 amide bonds. The minimum absolute atomic E-state index is 0.423. The Kier molecular flexibility index (Phi) is 2.68. The number of hydrogen-bond donors (Lipinski definition) is 0. The Morgan fingerprint density at radius 2 is 2.35 bits per heavy atom. The maximum Gasteiger partial charge on any atom is 0.157 e. The normalized spacial score (nSPS) is 21.2. The van der Waals surface area contributed by atoms with E-state index in [-0.39, 0.29) is 0 Å². The smallest absolute Gasteiger partial charge is 0.157 e. The number of nitrogens with zero attached hydrogens (tertiary/aromatic N) is 4. The van der Waals surface area contributed by atoms with Crippen LogP contribution in [0.15, 0.2) is 18.5 Å². The van der Waals surface area contributed by atoms with Gasteiger partial charge in [0.1, 0.15) is 5.52 Å². The number of halogens is 1. The van der Waals surface area contributed by atoms with Crippen LogP contribution < -0.4 is 0 Å². The molecule has 88 valence electrons. The molecular weight excluding hydrogens is 236 g/mol. The van der Waals surface area contributed by atoms with Crippen LogP contribution in [-0.4, -0.2) is 33.7 Å². The molecule has 3 rings (SSSR count). The summed E-state index contributed by atoms with van der Waals surface area (Å²) in [7, 11) is 2.15. The zero-order chi connectivity index (χ0) is 11.8. The van der Waals surface area contributed by atoms with Gasteiger partial charge in [-0.05, 0) is 38.1 Å². The summed E-state index contributed by atoms with van der Waals surface area (Å²) < 4.78 is 0. The Morgan fingerprint density at radius 3 is 3.12 bits per heavy atom. The standard InChI is InChI=1S/C12H13ClN4/c1-17-6-2-3-10(17)9-7-14-12(13)11-8(9)4-5-15-16-11/h4-5,7,10H,2-3,6H2,1H3/t10-/m0/s1. The molecule has 0 bridgehead atoms. The second-order valence-corrected chi connectivity index (χ2v) is 4.79. The minimum atomic E-state index is 0.423. The van der Waals surface area contributed by atoms with Gasteiger partial charge < -0.3 is 0 Å². The molecule has 3 heterocycles. The van der Waals surface area contributed by atoms with E-state index in [1.807, 2.05) is 12.3 Å². The first-order chi connectivity index (χ1) is 8.27. The first kappa shape index (κ1) is 10.9. The van der Waals surface area contributed by atoms with Crippen molar-refractivity contribution in [3.63, 3.8) is 0 Å². The number of hydrogen-bond acceptors (Lipinski definition) is 4. The lowest BCUT2D eigenvalue weighted by Crippen LogP contribution is -2.18. The van der Waals surface area contributed by atoms with Crippen molar-refractivity contribution in [3.8, 4) is 0 Å². The van der Waals surface area contributed by atoms with Crippen LogP contribution in [0, 0.1) is 0 Å². The third-order valence-electron chi connectivity index (χ3n) is 3.42. The van der Waals surface area contributed by atoms with Crippen molar-refractivity contribution in [1.29, 1.82) is 0 Å². The zero-order valence-corrected chi connectivity index (χ0v) is 10.4. The monoisotopic (exact) mass is 248 g/mol. The molecule has 1 aliphatic heterocycles. The van der Waals surface area contributed by atoms with Crippen LogP contribution in [0.1, 0.15) is 24.4 Å². The number of likely N-dealkylation sites (tertiary alicyclic amines) is 1. The van der Waals surface area contributed by atoms with Gasteiger partial charge in [-0.2, -0.15) is 5.10 Å². The molecule has 0 aromatic carbocycles. The molecule has 1 saturated heterocycles. The molecule has 4 nitrogen and oxygen atoms in total. The predicted octanol–water partition coefficient (Wildman–Crippen LogP) is 2.44. The van der Waals surface area contributed by atoms with Gasteiger partial charge in [0.2, 0.25) is 0 Å². The quantitative estimate of drug-likeness (QED) is 0.727. The van der Waals surface area contributed by atoms with E-state index in [0.29, 0.717) is 16.7 Å². The zero-order valence-electron chi connectivity index (χ0n) is 9.60. The average Bonchev–Trinajstić information content (AvgIpc) is 2.77. The highest BCUT2D eigenvalue weighted by atomic mass is 35.5. The molecule has 1 atom stereocenters. The third kappa shape index (κ3) is 1.77. The molecule has 17 heavy (non-hydrogen) atoms. The van der Waals surface area contributed by atoms with Gasteiger partial charge in [-0.1, -0.05) is 11.6 Å². The van der Waals surface area contributed by atoms with Gasteiger partial charge in [0, 0.05) is 17.6 Å². The van der Waals surface area contributed by atoms with E-state index in [4.69, 9.17) is 11.6 Å². The summed E-state index contributed by atoms with van der Waals surface area (Å²) in [6.45, 7) is 1.13. The SMILES string of the molecule is CN1CCC[C@H]1c1cnc(Cl)c2nnccc12. The lowest BCUT2D eigenvalue weighted by atomic mass is 10.0. The largest absolute Gasteiger partial charge is 0.299 e. The molecular formula is C12H13ClN4. The summed E-state index contributed by atoms with van der Waals surface area (Å²) in [6.07, 6.45) is 5.97. The highest BCUT2D eigenvalue weighted by Gasteiger charge is 2.25. The van der Waals surface area contributed by atoms with Gasteiger partial charge in [0.25, 0.3) is 0 Å². The van der Waals surface area contributed by atoms with Crippen LogP contribution in [0.3, 0.4) is 0 Å². The molecule has 0 spiro atoms. The Hall–Kier alpha value is -1.26. The highest BCUT2D eigenvalue weighted by Crippen LogP contribution is 2.34. The molecule has 1 aliphatic rings. The summed E-state index contributed by atoms with van der Waals surface area (Å²) in [6, 6.07) is 2.39. The van der Waals surface area contributed by atoms with Crippen LogP contribution in [0.5, 0.6) is 0 Å². The van der Waals surface area contributed by atoms with Gasteiger partial charge in [-0.15, -0.1) is 5.10 Å². The molecule has 0 radical (unpaired) electrons. The van der Waals surface area contributed by atoms with Crippen LogP contribution in [0.4, 0.5) is 0 Å². The number of pyridine rings is 1. The summed E-state index contributed by atoms with van der Waals surface area (Å²) >= 11 is 6.04. The van der Waals surface area contributed by atoms with Crippen molar-refractivity contribution in [2.45, 2.75) is 18.9 Å². The van der Waals surface area contributed by atoms with Gasteiger partial charge >= 0.3 is 0 Å². The average molecular weight is 249 g/mol. The summed E-state index contributed by atoms with van der Waals surface area (Å²) in [5.74, 6) is 0. The van der Waals surface area contributed by atoms with Crippen molar-refractivity contribution in [3.05, 3.63) is 29.2 Å². The fourth-order valence-electron chi connectivity index (χ4n) is 2.54. The van der Waals surface area contributed by atoms with Crippen molar-refractivity contribution in [2.24, 2.45) is 0 Å². The topological polar surface area (TPSA) is 41.9 Å². The van der Waals surface area contributed by atoms with E-state index in [0.717, 1.165) is 18.4 Å². The lowest BCUT2D eigenvalue weighted by Gasteiger charge is -2.20. The maximum absolute atomic E-state index is 6.04. The molecule has 2 aromatic heterocycles. The Labute approximate surface area is 105 Å². The minimum Gasteiger partial charge on any atom is -0.299 e. The Morgan fingerprint density at radius 1 is 1.47 bits per heavy atom. The summed E-state index contributed by atoms with van der Waals surface area (Å²) in [4.78, 5) is 6.57. The van der Waals surface area contributed by atoms with Crippen LogP contribution in [0.25, 0.3) is 10.9 Å². The second kappa shape index (κ2) is 4.20. The Bertz CT molecular complexity index is 557. The summed E-state index contributed by atoms with van der Waals surface area (Å²) in [5, 5.41) is 9.44. The predicted molar refractivity (Wildman–Crippen MR) is 66.9 cm³/mol. The Balaban J connectivity index is 2.20. The van der Waals surface area contributed by atoms with Gasteiger partial charge in [0.15, 0.2) is 5.15 Å². The molecule has 0 N–H and O–H groups in total. The van der Waals surface area contributed by atoms with Crippen molar-refractivity contribution in [2.75, 3.05) is 13.6 Å². The highest BCUT2D eigenvalue weighted by molar-refractivity contribution is 6.33. The van der Waals surface area contributed by atoms with Crippen LogP contribution in [-0.2, 0) is 0 Å². The van der Waals surface area contributed by atoms with E-state index in [2.05, 4.69) is 27.1 Å². The van der Waals surface area contributed by atoms with E-state index < -0.39 is 0 Å².